The second-order valence-corrected chi connectivity index (χ2v) is 2.50. The van der Waals surface area contributed by atoms with E-state index in [9.17, 15) is 20.2 Å². The van der Waals surface area contributed by atoms with Crippen LogP contribution in [0.3, 0.4) is 0 Å². The fourth-order valence-corrected chi connectivity index (χ4v) is 1.07. The monoisotopic (exact) mass is 210 g/mol. The van der Waals surface area contributed by atoms with Crippen molar-refractivity contribution < 1.29 is 9.85 Å². The smallest absolute Gasteiger partial charge is 0.285 e. The van der Waals surface area contributed by atoms with Crippen LogP contribution in [0.4, 0.5) is 11.4 Å². The maximum Gasteiger partial charge on any atom is 0.285 e. The maximum atomic E-state index is 10.6. The molecule has 0 bridgehead atoms. The van der Waals surface area contributed by atoms with Crippen molar-refractivity contribution in [2.45, 2.75) is 0 Å². The second-order valence-electron chi connectivity index (χ2n) is 2.50. The molecular formula is C7H6N4O4. The molecule has 0 heterocycles. The number of hydrazone groups is 1. The Morgan fingerprint density at radius 3 is 2.00 bits per heavy atom. The first-order valence-electron chi connectivity index (χ1n) is 3.73. The van der Waals surface area contributed by atoms with Gasteiger partial charge in [0.2, 0.25) is 0 Å². The van der Waals surface area contributed by atoms with Gasteiger partial charge in [0.1, 0.15) is 5.56 Å². The summed E-state index contributed by atoms with van der Waals surface area (Å²) in [6.07, 6.45) is 0.885. The highest BCUT2D eigenvalue weighted by atomic mass is 16.6. The molecule has 78 valence electrons. The summed E-state index contributed by atoms with van der Waals surface area (Å²) in [6.45, 7) is 0. The Morgan fingerprint density at radius 1 is 1.20 bits per heavy atom. The van der Waals surface area contributed by atoms with Gasteiger partial charge in [0, 0.05) is 12.1 Å². The molecule has 1 aromatic carbocycles. The zero-order valence-electron chi connectivity index (χ0n) is 7.36. The standard InChI is InChI=1S/C7H6N4O4/c8-9-4-5-6(10(12)13)2-1-3-7(5)11(14)15/h1-4H,8H2. The van der Waals surface area contributed by atoms with Crippen molar-refractivity contribution in [1.82, 2.24) is 0 Å². The van der Waals surface area contributed by atoms with E-state index in [1.54, 1.807) is 0 Å². The molecule has 0 radical (unpaired) electrons. The van der Waals surface area contributed by atoms with Gasteiger partial charge in [-0.15, -0.1) is 0 Å². The molecule has 1 rings (SSSR count). The summed E-state index contributed by atoms with van der Waals surface area (Å²) >= 11 is 0. The fraction of sp³-hybridized carbons (Fsp3) is 0. The molecule has 8 heteroatoms. The van der Waals surface area contributed by atoms with Crippen LogP contribution in [0.15, 0.2) is 23.3 Å². The van der Waals surface area contributed by atoms with Gasteiger partial charge in [0.05, 0.1) is 16.1 Å². The summed E-state index contributed by atoms with van der Waals surface area (Å²) in [4.78, 5) is 19.6. The molecule has 1 aromatic rings. The Bertz CT molecular complexity index is 410. The molecule has 0 saturated heterocycles. The predicted molar refractivity (Wildman–Crippen MR) is 51.5 cm³/mol. The van der Waals surface area contributed by atoms with E-state index in [0.717, 1.165) is 18.3 Å². The third-order valence-corrected chi connectivity index (χ3v) is 1.66. The number of nitro benzene ring substituents is 2. The fourth-order valence-electron chi connectivity index (χ4n) is 1.07. The van der Waals surface area contributed by atoms with Crippen LogP contribution in [0.25, 0.3) is 0 Å². The van der Waals surface area contributed by atoms with E-state index in [1.165, 1.54) is 6.07 Å². The summed E-state index contributed by atoms with van der Waals surface area (Å²) in [5.41, 5.74) is -1.02. The van der Waals surface area contributed by atoms with Gasteiger partial charge in [-0.25, -0.2) is 0 Å². The number of nitro groups is 2. The number of hydrogen-bond donors (Lipinski definition) is 1. The minimum absolute atomic E-state index is 0.213. The molecule has 0 aromatic heterocycles. The Morgan fingerprint density at radius 2 is 1.67 bits per heavy atom. The van der Waals surface area contributed by atoms with Crippen molar-refractivity contribution in [3.05, 3.63) is 44.0 Å². The SMILES string of the molecule is NN=Cc1c([N+](=O)[O-])cccc1[N+](=O)[O-]. The molecule has 0 fully saturated rings. The van der Waals surface area contributed by atoms with E-state index < -0.39 is 21.2 Å². The van der Waals surface area contributed by atoms with Gasteiger partial charge in [-0.3, -0.25) is 20.2 Å². The van der Waals surface area contributed by atoms with E-state index in [-0.39, 0.29) is 5.56 Å². The third-order valence-electron chi connectivity index (χ3n) is 1.66. The highest BCUT2D eigenvalue weighted by Crippen LogP contribution is 2.25. The molecule has 0 spiro atoms. The Labute approximate surface area is 83.3 Å². The summed E-state index contributed by atoms with van der Waals surface area (Å²) in [6, 6.07) is 3.51. The minimum atomic E-state index is -0.732. The van der Waals surface area contributed by atoms with E-state index in [1.807, 2.05) is 0 Å². The maximum absolute atomic E-state index is 10.6. The Kier molecular flexibility index (Phi) is 2.91. The average Bonchev–Trinajstić information content (AvgIpc) is 2.17. The molecular weight excluding hydrogens is 204 g/mol. The number of nitrogens with two attached hydrogens (primary N) is 1. The highest BCUT2D eigenvalue weighted by Gasteiger charge is 2.22. The van der Waals surface area contributed by atoms with Gasteiger partial charge < -0.3 is 5.84 Å². The van der Waals surface area contributed by atoms with Crippen LogP contribution in [0.5, 0.6) is 0 Å². The molecule has 0 aliphatic heterocycles. The second kappa shape index (κ2) is 4.13. The Hall–Kier alpha value is -2.51. The van der Waals surface area contributed by atoms with Gasteiger partial charge in [0.25, 0.3) is 11.4 Å². The van der Waals surface area contributed by atoms with E-state index in [4.69, 9.17) is 5.84 Å². The lowest BCUT2D eigenvalue weighted by atomic mass is 10.1. The van der Waals surface area contributed by atoms with Crippen LogP contribution in [0.1, 0.15) is 5.56 Å². The molecule has 15 heavy (non-hydrogen) atoms. The van der Waals surface area contributed by atoms with Crippen molar-refractivity contribution in [3.8, 4) is 0 Å². The third kappa shape index (κ3) is 2.05. The molecule has 0 aliphatic carbocycles. The van der Waals surface area contributed by atoms with Crippen LogP contribution >= 0.6 is 0 Å². The first-order chi connectivity index (χ1) is 7.07. The van der Waals surface area contributed by atoms with Crippen LogP contribution in [-0.4, -0.2) is 16.1 Å². The molecule has 8 nitrogen and oxygen atoms in total. The van der Waals surface area contributed by atoms with Crippen LogP contribution in [0.2, 0.25) is 0 Å². The molecule has 0 aliphatic rings. The van der Waals surface area contributed by atoms with Gasteiger partial charge >= 0.3 is 0 Å². The Balaban J connectivity index is 3.48. The van der Waals surface area contributed by atoms with E-state index >= 15 is 0 Å². The lowest BCUT2D eigenvalue weighted by Crippen LogP contribution is -2.01. The number of rotatable bonds is 3. The summed E-state index contributed by atoms with van der Waals surface area (Å²) < 4.78 is 0. The van der Waals surface area contributed by atoms with Crippen LogP contribution in [-0.2, 0) is 0 Å². The molecule has 0 amide bonds. The lowest BCUT2D eigenvalue weighted by Gasteiger charge is -1.97. The average molecular weight is 210 g/mol. The number of benzene rings is 1. The summed E-state index contributed by atoms with van der Waals surface area (Å²) in [7, 11) is 0. The molecule has 2 N–H and O–H groups in total. The largest absolute Gasteiger partial charge is 0.323 e. The van der Waals surface area contributed by atoms with Gasteiger partial charge in [-0.1, -0.05) is 0 Å². The normalized spacial score (nSPS) is 10.4. The highest BCUT2D eigenvalue weighted by molar-refractivity contribution is 5.90. The van der Waals surface area contributed by atoms with Crippen molar-refractivity contribution in [1.29, 1.82) is 0 Å². The molecule has 0 atom stereocenters. The first kappa shape index (κ1) is 10.6. The van der Waals surface area contributed by atoms with Crippen LogP contribution in [0, 0.1) is 20.2 Å². The molecule has 0 unspecified atom stereocenters. The van der Waals surface area contributed by atoms with Crippen molar-refractivity contribution >= 4 is 17.6 Å². The number of nitrogens with zero attached hydrogens (tertiary/aromatic N) is 3. The van der Waals surface area contributed by atoms with Crippen LogP contribution < -0.4 is 5.84 Å². The van der Waals surface area contributed by atoms with Crippen molar-refractivity contribution in [2.24, 2.45) is 10.9 Å². The topological polar surface area (TPSA) is 125 Å². The first-order valence-corrected chi connectivity index (χ1v) is 3.73. The summed E-state index contributed by atoms with van der Waals surface area (Å²) in [5.74, 6) is 4.82. The zero-order valence-corrected chi connectivity index (χ0v) is 7.36. The number of hydrogen-bond acceptors (Lipinski definition) is 6. The van der Waals surface area contributed by atoms with Gasteiger partial charge in [-0.05, 0) is 6.07 Å². The van der Waals surface area contributed by atoms with Crippen molar-refractivity contribution in [2.75, 3.05) is 0 Å². The van der Waals surface area contributed by atoms with Crippen molar-refractivity contribution in [3.63, 3.8) is 0 Å². The van der Waals surface area contributed by atoms with Gasteiger partial charge in [0.15, 0.2) is 0 Å². The van der Waals surface area contributed by atoms with Gasteiger partial charge in [-0.2, -0.15) is 5.10 Å². The lowest BCUT2D eigenvalue weighted by molar-refractivity contribution is -0.394. The van der Waals surface area contributed by atoms with E-state index in [0.29, 0.717) is 0 Å². The minimum Gasteiger partial charge on any atom is -0.323 e. The zero-order chi connectivity index (χ0) is 11.4. The van der Waals surface area contributed by atoms with E-state index in [2.05, 4.69) is 5.10 Å². The summed E-state index contributed by atoms with van der Waals surface area (Å²) in [5, 5.41) is 24.2. The predicted octanol–water partition coefficient (Wildman–Crippen LogP) is 0.796. The quantitative estimate of drug-likeness (QED) is 0.341. The molecule has 0 saturated carbocycles.